The van der Waals surface area contributed by atoms with E-state index in [1.807, 2.05) is 0 Å². The average Bonchev–Trinajstić information content (AvgIpc) is 3.24. The summed E-state index contributed by atoms with van der Waals surface area (Å²) >= 11 is 0. The summed E-state index contributed by atoms with van der Waals surface area (Å²) in [6.45, 7) is 0. The van der Waals surface area contributed by atoms with E-state index in [1.165, 1.54) is 22.8 Å². The Hall–Kier alpha value is -2.48. The molecule has 2 aromatic heterocycles. The molecule has 2 aromatic rings. The minimum atomic E-state index is 0.402. The lowest BCUT2D eigenvalue weighted by atomic mass is 10.1. The van der Waals surface area contributed by atoms with E-state index >= 15 is 0 Å². The molecule has 0 saturated carbocycles. The minimum Gasteiger partial charge on any atom is -0.346 e. The zero-order valence-corrected chi connectivity index (χ0v) is 13.0. The third-order valence-electron chi connectivity index (χ3n) is 4.76. The van der Waals surface area contributed by atoms with Crippen molar-refractivity contribution in [1.29, 1.82) is 0 Å². The van der Waals surface area contributed by atoms with Crippen molar-refractivity contribution in [1.82, 2.24) is 9.13 Å². The highest BCUT2D eigenvalue weighted by Crippen LogP contribution is 2.32. The third kappa shape index (κ3) is 1.95. The van der Waals surface area contributed by atoms with Crippen LogP contribution in [0, 0.1) is 0 Å². The van der Waals surface area contributed by atoms with Crippen LogP contribution in [0.3, 0.4) is 0 Å². The normalized spacial score (nSPS) is 17.4. The molecule has 2 heteroatoms. The van der Waals surface area contributed by atoms with Gasteiger partial charge in [-0.2, -0.15) is 0 Å². The molecule has 110 valence electrons. The van der Waals surface area contributed by atoms with Crippen LogP contribution in [0.2, 0.25) is 0 Å². The lowest BCUT2D eigenvalue weighted by Gasteiger charge is -2.13. The molecule has 4 rings (SSSR count). The third-order valence-corrected chi connectivity index (χ3v) is 4.76. The molecule has 0 atom stereocenters. The maximum atomic E-state index is 2.31. The van der Waals surface area contributed by atoms with Gasteiger partial charge in [0.2, 0.25) is 0 Å². The second kappa shape index (κ2) is 5.06. The number of hydrogen-bond donors (Lipinski definition) is 0. The lowest BCUT2D eigenvalue weighted by molar-refractivity contribution is 0.797. The molecule has 0 aromatic carbocycles. The highest BCUT2D eigenvalue weighted by molar-refractivity contribution is 5.60. The topological polar surface area (TPSA) is 9.86 Å². The Morgan fingerprint density at radius 2 is 0.955 bits per heavy atom. The summed E-state index contributed by atoms with van der Waals surface area (Å²) in [5, 5.41) is 0. The predicted molar refractivity (Wildman–Crippen MR) is 91.9 cm³/mol. The van der Waals surface area contributed by atoms with Crippen molar-refractivity contribution >= 4 is 0 Å². The van der Waals surface area contributed by atoms with Crippen LogP contribution >= 0.6 is 0 Å². The molecule has 0 radical (unpaired) electrons. The Kier molecular flexibility index (Phi) is 3.04. The molecule has 0 unspecified atom stereocenters. The van der Waals surface area contributed by atoms with Crippen LogP contribution in [0.15, 0.2) is 72.9 Å². The van der Waals surface area contributed by atoms with Crippen LogP contribution < -0.4 is 0 Å². The number of nitrogens with zero attached hydrogens (tertiary/aromatic N) is 2. The minimum absolute atomic E-state index is 0.402. The van der Waals surface area contributed by atoms with Gasteiger partial charge in [0.25, 0.3) is 0 Å². The van der Waals surface area contributed by atoms with E-state index in [-0.39, 0.29) is 0 Å². The highest BCUT2D eigenvalue weighted by atomic mass is 15.0. The van der Waals surface area contributed by atoms with Crippen LogP contribution in [0.4, 0.5) is 0 Å². The van der Waals surface area contributed by atoms with Gasteiger partial charge in [0.15, 0.2) is 0 Å². The van der Waals surface area contributed by atoms with Gasteiger partial charge in [-0.15, -0.1) is 0 Å². The first kappa shape index (κ1) is 13.2. The summed E-state index contributed by atoms with van der Waals surface area (Å²) in [5.41, 5.74) is 5.21. The van der Waals surface area contributed by atoms with Gasteiger partial charge in [-0.05, 0) is 24.3 Å². The summed E-state index contributed by atoms with van der Waals surface area (Å²) < 4.78 is 4.62. The fourth-order valence-corrected chi connectivity index (χ4v) is 3.50. The molecule has 2 heterocycles. The second-order valence-electron chi connectivity index (χ2n) is 6.00. The van der Waals surface area contributed by atoms with Crippen molar-refractivity contribution in [3.05, 3.63) is 84.3 Å². The monoisotopic (exact) mass is 288 g/mol. The van der Waals surface area contributed by atoms with E-state index < -0.39 is 0 Å². The van der Waals surface area contributed by atoms with Crippen molar-refractivity contribution in [2.75, 3.05) is 0 Å². The van der Waals surface area contributed by atoms with E-state index in [0.29, 0.717) is 11.8 Å². The summed E-state index contributed by atoms with van der Waals surface area (Å²) in [6.07, 6.45) is 17.4. The van der Waals surface area contributed by atoms with Crippen molar-refractivity contribution in [3.63, 3.8) is 0 Å². The summed E-state index contributed by atoms with van der Waals surface area (Å²) in [7, 11) is 4.32. The molecule has 0 fully saturated rings. The standard InChI is InChI=1S/C20H20N2/c1-21-17(15-7-3-4-8-15)11-13-19(21)20-14-12-18(22(20)2)16-9-5-6-10-16/h3-16H,1-2H3. The Morgan fingerprint density at radius 1 is 0.591 bits per heavy atom. The Morgan fingerprint density at radius 3 is 1.32 bits per heavy atom. The molecule has 0 bridgehead atoms. The molecule has 0 spiro atoms. The van der Waals surface area contributed by atoms with Crippen molar-refractivity contribution in [2.45, 2.75) is 11.8 Å². The van der Waals surface area contributed by atoms with Crippen molar-refractivity contribution in [2.24, 2.45) is 14.1 Å². The molecular weight excluding hydrogens is 268 g/mol. The summed E-state index contributed by atoms with van der Waals surface area (Å²) in [6, 6.07) is 8.94. The van der Waals surface area contributed by atoms with Crippen LogP contribution in [0.5, 0.6) is 0 Å². The van der Waals surface area contributed by atoms with E-state index in [0.717, 1.165) is 0 Å². The van der Waals surface area contributed by atoms with Gasteiger partial charge in [0, 0.05) is 37.3 Å². The molecule has 0 N–H and O–H groups in total. The lowest BCUT2D eigenvalue weighted by Crippen LogP contribution is -2.05. The molecule has 2 aliphatic carbocycles. The molecule has 22 heavy (non-hydrogen) atoms. The molecule has 0 amide bonds. The summed E-state index contributed by atoms with van der Waals surface area (Å²) in [5.74, 6) is 0.804. The molecule has 2 aliphatic rings. The number of rotatable bonds is 3. The maximum Gasteiger partial charge on any atom is 0.0647 e. The largest absolute Gasteiger partial charge is 0.346 e. The summed E-state index contributed by atoms with van der Waals surface area (Å²) in [4.78, 5) is 0. The number of aromatic nitrogens is 2. The van der Waals surface area contributed by atoms with Crippen LogP contribution in [0.25, 0.3) is 11.4 Å². The quantitative estimate of drug-likeness (QED) is 0.789. The van der Waals surface area contributed by atoms with Gasteiger partial charge >= 0.3 is 0 Å². The van der Waals surface area contributed by atoms with E-state index in [4.69, 9.17) is 0 Å². The Labute approximate surface area is 131 Å². The average molecular weight is 288 g/mol. The second-order valence-corrected chi connectivity index (χ2v) is 6.00. The zero-order chi connectivity index (χ0) is 15.1. The fraction of sp³-hybridized carbons (Fsp3) is 0.200. The van der Waals surface area contributed by atoms with E-state index in [2.05, 4.69) is 96.1 Å². The van der Waals surface area contributed by atoms with E-state index in [1.54, 1.807) is 0 Å². The molecule has 0 saturated heterocycles. The van der Waals surface area contributed by atoms with Gasteiger partial charge in [-0.1, -0.05) is 48.6 Å². The number of allylic oxidation sites excluding steroid dienone is 8. The molecular formula is C20H20N2. The van der Waals surface area contributed by atoms with Gasteiger partial charge in [-0.25, -0.2) is 0 Å². The van der Waals surface area contributed by atoms with Crippen molar-refractivity contribution < 1.29 is 0 Å². The predicted octanol–water partition coefficient (Wildman–Crippen LogP) is 4.45. The number of hydrogen-bond acceptors (Lipinski definition) is 0. The Bertz CT molecular complexity index is 730. The maximum absolute atomic E-state index is 2.31. The smallest absolute Gasteiger partial charge is 0.0647 e. The first-order chi connectivity index (χ1) is 10.8. The van der Waals surface area contributed by atoms with Crippen LogP contribution in [0.1, 0.15) is 23.2 Å². The van der Waals surface area contributed by atoms with Crippen LogP contribution in [-0.4, -0.2) is 9.13 Å². The molecule has 2 nitrogen and oxygen atoms in total. The first-order valence-corrected chi connectivity index (χ1v) is 7.77. The molecule has 0 aliphatic heterocycles. The van der Waals surface area contributed by atoms with Gasteiger partial charge in [-0.3, -0.25) is 0 Å². The zero-order valence-electron chi connectivity index (χ0n) is 13.0. The SMILES string of the molecule is Cn1c(-c2ccc(C3C=CC=C3)n2C)ccc1C1C=CC=C1. The van der Waals surface area contributed by atoms with Gasteiger partial charge in [0.05, 0.1) is 11.4 Å². The fourth-order valence-electron chi connectivity index (χ4n) is 3.50. The van der Waals surface area contributed by atoms with Crippen molar-refractivity contribution in [3.8, 4) is 11.4 Å². The van der Waals surface area contributed by atoms with Gasteiger partial charge < -0.3 is 9.13 Å². The van der Waals surface area contributed by atoms with Crippen LogP contribution in [-0.2, 0) is 14.1 Å². The first-order valence-electron chi connectivity index (χ1n) is 7.77. The van der Waals surface area contributed by atoms with E-state index in [9.17, 15) is 0 Å². The Balaban J connectivity index is 1.74. The highest BCUT2D eigenvalue weighted by Gasteiger charge is 2.18. The van der Waals surface area contributed by atoms with Gasteiger partial charge in [0.1, 0.15) is 0 Å².